The number of unbranched alkanes of at least 4 members (excludes halogenated alkanes) is 3. The molecule has 0 radical (unpaired) electrons. The summed E-state index contributed by atoms with van der Waals surface area (Å²) in [5, 5.41) is 2.79. The van der Waals surface area contributed by atoms with Crippen LogP contribution in [0.25, 0.3) is 0 Å². The summed E-state index contributed by atoms with van der Waals surface area (Å²) in [5.41, 5.74) is 0. The first-order chi connectivity index (χ1) is 7.43. The van der Waals surface area contributed by atoms with E-state index in [0.29, 0.717) is 0 Å². The van der Waals surface area contributed by atoms with E-state index < -0.39 is 9.84 Å². The average Bonchev–Trinajstić information content (AvgIpc) is 2.21. The van der Waals surface area contributed by atoms with E-state index in [4.69, 9.17) is 0 Å². The number of nitrogens with one attached hydrogen (secondary N) is 1. The molecule has 0 saturated heterocycles. The zero-order valence-corrected chi connectivity index (χ0v) is 11.5. The molecule has 2 unspecified atom stereocenters. The molecule has 0 heterocycles. The predicted molar refractivity (Wildman–Crippen MR) is 70.4 cm³/mol. The first kappa shape index (κ1) is 15.7. The lowest BCUT2D eigenvalue weighted by Crippen LogP contribution is -2.40. The molecule has 0 aromatic rings. The van der Waals surface area contributed by atoms with E-state index in [2.05, 4.69) is 11.9 Å². The fourth-order valence-electron chi connectivity index (χ4n) is 1.74. The molecule has 1 N–H and O–H groups in total. The quantitative estimate of drug-likeness (QED) is 0.501. The zero-order valence-electron chi connectivity index (χ0n) is 10.7. The Morgan fingerprint density at radius 1 is 1.31 bits per heavy atom. The van der Waals surface area contributed by atoms with E-state index >= 15 is 0 Å². The highest BCUT2D eigenvalue weighted by atomic mass is 32.2. The summed E-state index contributed by atoms with van der Waals surface area (Å²) in [4.78, 5) is 0. The molecule has 0 aromatic heterocycles. The lowest BCUT2D eigenvalue weighted by atomic mass is 10.1. The molecule has 0 bridgehead atoms. The van der Waals surface area contributed by atoms with Crippen molar-refractivity contribution in [3.8, 4) is 0 Å². The van der Waals surface area contributed by atoms with Crippen LogP contribution in [0.2, 0.25) is 0 Å². The summed E-state index contributed by atoms with van der Waals surface area (Å²) in [7, 11) is -1.11. The van der Waals surface area contributed by atoms with Crippen molar-refractivity contribution in [1.82, 2.24) is 5.32 Å². The van der Waals surface area contributed by atoms with E-state index in [1.165, 1.54) is 6.26 Å². The maximum Gasteiger partial charge on any atom is 0.151 e. The van der Waals surface area contributed by atoms with Crippen molar-refractivity contribution in [3.63, 3.8) is 0 Å². The van der Waals surface area contributed by atoms with Gasteiger partial charge in [0.25, 0.3) is 0 Å². The molecule has 0 spiro atoms. The van der Waals surface area contributed by atoms with Crippen molar-refractivity contribution in [2.24, 2.45) is 0 Å². The Labute approximate surface area is 100 Å². The van der Waals surface area contributed by atoms with Crippen LogP contribution in [0.15, 0.2) is 12.7 Å². The van der Waals surface area contributed by atoms with Gasteiger partial charge in [-0.05, 0) is 33.2 Å². The Hall–Kier alpha value is -0.350. The first-order valence-electron chi connectivity index (χ1n) is 5.90. The predicted octanol–water partition coefficient (Wildman–Crippen LogP) is 2.14. The Balaban J connectivity index is 3.97. The molecule has 0 rings (SSSR count). The van der Waals surface area contributed by atoms with Gasteiger partial charge in [0.15, 0.2) is 9.84 Å². The van der Waals surface area contributed by atoms with Crippen molar-refractivity contribution >= 4 is 9.84 Å². The minimum absolute atomic E-state index is 0.0683. The molecular formula is C12H25NO2S. The lowest BCUT2D eigenvalue weighted by molar-refractivity contribution is 0.468. The van der Waals surface area contributed by atoms with Crippen LogP contribution in [0.3, 0.4) is 0 Å². The number of hydrogen-bond donors (Lipinski definition) is 1. The zero-order chi connectivity index (χ0) is 12.6. The van der Waals surface area contributed by atoms with E-state index in [9.17, 15) is 8.42 Å². The SMILES string of the molecule is C=CCCCCCC(NC)C(C)S(C)(=O)=O. The molecule has 3 nitrogen and oxygen atoms in total. The van der Waals surface area contributed by atoms with E-state index in [0.717, 1.165) is 32.1 Å². The van der Waals surface area contributed by atoms with Gasteiger partial charge in [-0.15, -0.1) is 6.58 Å². The highest BCUT2D eigenvalue weighted by Gasteiger charge is 2.23. The second-order valence-corrected chi connectivity index (χ2v) is 6.76. The molecule has 2 atom stereocenters. The number of hydrogen-bond acceptors (Lipinski definition) is 3. The number of allylic oxidation sites excluding steroid dienone is 1. The van der Waals surface area contributed by atoms with E-state index in [-0.39, 0.29) is 11.3 Å². The molecule has 0 fully saturated rings. The van der Waals surface area contributed by atoms with Gasteiger partial charge in [-0.1, -0.05) is 18.9 Å². The van der Waals surface area contributed by atoms with Crippen LogP contribution in [0.5, 0.6) is 0 Å². The molecule has 0 aliphatic carbocycles. The van der Waals surface area contributed by atoms with Crippen LogP contribution in [0.1, 0.15) is 39.0 Å². The average molecular weight is 247 g/mol. The van der Waals surface area contributed by atoms with E-state index in [1.807, 2.05) is 13.1 Å². The fraction of sp³-hybridized carbons (Fsp3) is 0.833. The highest BCUT2D eigenvalue weighted by molar-refractivity contribution is 7.91. The third-order valence-corrected chi connectivity index (χ3v) is 4.72. The molecule has 0 aliphatic rings. The van der Waals surface area contributed by atoms with Gasteiger partial charge in [-0.2, -0.15) is 0 Å². The maximum atomic E-state index is 11.4. The molecule has 4 heteroatoms. The highest BCUT2D eigenvalue weighted by Crippen LogP contribution is 2.12. The minimum atomic E-state index is -2.94. The van der Waals surface area contributed by atoms with Crippen molar-refractivity contribution in [3.05, 3.63) is 12.7 Å². The molecule has 0 aliphatic heterocycles. The molecular weight excluding hydrogens is 222 g/mol. The molecule has 0 aromatic carbocycles. The first-order valence-corrected chi connectivity index (χ1v) is 7.86. The van der Waals surface area contributed by atoms with Gasteiger partial charge in [0.05, 0.1) is 5.25 Å². The maximum absolute atomic E-state index is 11.4. The van der Waals surface area contributed by atoms with E-state index in [1.54, 1.807) is 6.92 Å². The largest absolute Gasteiger partial charge is 0.316 e. The van der Waals surface area contributed by atoms with Gasteiger partial charge in [0, 0.05) is 12.3 Å². The summed E-state index contributed by atoms with van der Waals surface area (Å²) in [6, 6.07) is 0.0683. The third kappa shape index (κ3) is 6.28. The molecule has 0 amide bonds. The van der Waals surface area contributed by atoms with Crippen molar-refractivity contribution in [1.29, 1.82) is 0 Å². The van der Waals surface area contributed by atoms with Crippen LogP contribution in [-0.4, -0.2) is 33.0 Å². The summed E-state index contributed by atoms with van der Waals surface area (Å²) in [6.07, 6.45) is 8.55. The monoisotopic (exact) mass is 247 g/mol. The second kappa shape index (κ2) is 7.85. The summed E-state index contributed by atoms with van der Waals surface area (Å²) in [5.74, 6) is 0. The van der Waals surface area contributed by atoms with Crippen LogP contribution in [-0.2, 0) is 9.84 Å². The van der Waals surface area contributed by atoms with Crippen molar-refractivity contribution in [2.75, 3.05) is 13.3 Å². The summed E-state index contributed by atoms with van der Waals surface area (Å²) in [6.45, 7) is 5.46. The van der Waals surface area contributed by atoms with Crippen LogP contribution < -0.4 is 5.32 Å². The smallest absolute Gasteiger partial charge is 0.151 e. The van der Waals surface area contributed by atoms with Gasteiger partial charge >= 0.3 is 0 Å². The van der Waals surface area contributed by atoms with Gasteiger partial charge < -0.3 is 5.32 Å². The number of rotatable bonds is 9. The van der Waals surface area contributed by atoms with Gasteiger partial charge in [-0.3, -0.25) is 0 Å². The Morgan fingerprint density at radius 3 is 2.38 bits per heavy atom. The number of sulfone groups is 1. The Bertz CT molecular complexity index is 285. The Kier molecular flexibility index (Phi) is 7.68. The molecule has 96 valence electrons. The third-order valence-electron chi connectivity index (χ3n) is 3.04. The standard InChI is InChI=1S/C12H25NO2S/c1-5-6-7-8-9-10-12(13-3)11(2)16(4,14)15/h5,11-13H,1,6-10H2,2-4H3. The fourth-order valence-corrected chi connectivity index (χ4v) is 2.61. The lowest BCUT2D eigenvalue weighted by Gasteiger charge is -2.22. The topological polar surface area (TPSA) is 46.2 Å². The van der Waals surface area contributed by atoms with Gasteiger partial charge in [0.2, 0.25) is 0 Å². The second-order valence-electron chi connectivity index (χ2n) is 4.36. The van der Waals surface area contributed by atoms with Crippen LogP contribution >= 0.6 is 0 Å². The summed E-state index contributed by atoms with van der Waals surface area (Å²) >= 11 is 0. The van der Waals surface area contributed by atoms with Gasteiger partial charge in [0.1, 0.15) is 0 Å². The Morgan fingerprint density at radius 2 is 1.94 bits per heavy atom. The molecule has 0 saturated carbocycles. The molecule has 16 heavy (non-hydrogen) atoms. The van der Waals surface area contributed by atoms with Crippen LogP contribution in [0, 0.1) is 0 Å². The van der Waals surface area contributed by atoms with Gasteiger partial charge in [-0.25, -0.2) is 8.42 Å². The summed E-state index contributed by atoms with van der Waals surface area (Å²) < 4.78 is 22.8. The van der Waals surface area contributed by atoms with Crippen molar-refractivity contribution < 1.29 is 8.42 Å². The minimum Gasteiger partial charge on any atom is -0.316 e. The van der Waals surface area contributed by atoms with Crippen molar-refractivity contribution in [2.45, 2.75) is 50.3 Å². The normalized spacial score (nSPS) is 15.7. The van der Waals surface area contributed by atoms with Crippen LogP contribution in [0.4, 0.5) is 0 Å².